The summed E-state index contributed by atoms with van der Waals surface area (Å²) in [5.41, 5.74) is 0. The summed E-state index contributed by atoms with van der Waals surface area (Å²) in [6.07, 6.45) is 1.43. The van der Waals surface area contributed by atoms with E-state index in [1.807, 2.05) is 0 Å². The molecule has 1 aromatic rings. The minimum absolute atomic E-state index is 0.0262. The lowest BCUT2D eigenvalue weighted by molar-refractivity contribution is -0.122. The molecule has 2 rings (SSSR count). The minimum Gasteiger partial charge on any atom is -0.348 e. The Balaban J connectivity index is 1.67. The SMILES string of the molecule is O=C(CN1CCNCC1)NCc1ncn[nH]1. The van der Waals surface area contributed by atoms with Gasteiger partial charge in [0.15, 0.2) is 0 Å². The van der Waals surface area contributed by atoms with Crippen LogP contribution in [0.25, 0.3) is 0 Å². The van der Waals surface area contributed by atoms with Crippen molar-refractivity contribution in [3.8, 4) is 0 Å². The summed E-state index contributed by atoms with van der Waals surface area (Å²) >= 11 is 0. The van der Waals surface area contributed by atoms with Gasteiger partial charge >= 0.3 is 0 Å². The number of aromatic amines is 1. The zero-order valence-corrected chi connectivity index (χ0v) is 9.07. The average molecular weight is 224 g/mol. The number of carbonyl (C=O) groups excluding carboxylic acids is 1. The third-order valence-electron chi connectivity index (χ3n) is 2.49. The monoisotopic (exact) mass is 224 g/mol. The van der Waals surface area contributed by atoms with Gasteiger partial charge in [-0.15, -0.1) is 0 Å². The molecule has 16 heavy (non-hydrogen) atoms. The molecule has 0 bridgehead atoms. The van der Waals surface area contributed by atoms with E-state index in [0.29, 0.717) is 18.9 Å². The maximum Gasteiger partial charge on any atom is 0.234 e. The Morgan fingerprint density at radius 3 is 3.00 bits per heavy atom. The number of nitrogens with one attached hydrogen (secondary N) is 3. The van der Waals surface area contributed by atoms with Crippen molar-refractivity contribution in [1.29, 1.82) is 0 Å². The van der Waals surface area contributed by atoms with Gasteiger partial charge in [-0.1, -0.05) is 0 Å². The van der Waals surface area contributed by atoms with Crippen LogP contribution in [0.1, 0.15) is 5.82 Å². The van der Waals surface area contributed by atoms with E-state index in [9.17, 15) is 4.79 Å². The second kappa shape index (κ2) is 5.57. The van der Waals surface area contributed by atoms with Crippen LogP contribution >= 0.6 is 0 Å². The van der Waals surface area contributed by atoms with Crippen LogP contribution in [0, 0.1) is 0 Å². The highest BCUT2D eigenvalue weighted by Crippen LogP contribution is 1.91. The van der Waals surface area contributed by atoms with E-state index in [-0.39, 0.29) is 5.91 Å². The largest absolute Gasteiger partial charge is 0.348 e. The predicted octanol–water partition coefficient (Wildman–Crippen LogP) is -1.67. The van der Waals surface area contributed by atoms with Gasteiger partial charge in [0.25, 0.3) is 0 Å². The molecule has 0 radical (unpaired) electrons. The Labute approximate surface area is 93.6 Å². The van der Waals surface area contributed by atoms with Crippen molar-refractivity contribution in [2.24, 2.45) is 0 Å². The molecule has 1 aliphatic rings. The summed E-state index contributed by atoms with van der Waals surface area (Å²) < 4.78 is 0. The van der Waals surface area contributed by atoms with Crippen LogP contribution in [-0.4, -0.2) is 58.7 Å². The molecule has 1 saturated heterocycles. The number of carbonyl (C=O) groups is 1. The van der Waals surface area contributed by atoms with Crippen molar-refractivity contribution in [3.05, 3.63) is 12.2 Å². The number of amides is 1. The van der Waals surface area contributed by atoms with Crippen LogP contribution in [0.4, 0.5) is 0 Å². The summed E-state index contributed by atoms with van der Waals surface area (Å²) in [6, 6.07) is 0. The molecular formula is C9H16N6O. The Morgan fingerprint density at radius 1 is 1.50 bits per heavy atom. The van der Waals surface area contributed by atoms with Crippen molar-refractivity contribution < 1.29 is 4.79 Å². The van der Waals surface area contributed by atoms with Crippen LogP contribution in [0.15, 0.2) is 6.33 Å². The maximum atomic E-state index is 11.6. The number of rotatable bonds is 4. The standard InChI is InChI=1S/C9H16N6O/c16-9(6-15-3-1-10-2-4-15)11-5-8-12-7-13-14-8/h7,10H,1-6H2,(H,11,16)(H,12,13,14). The molecule has 0 atom stereocenters. The first-order valence-corrected chi connectivity index (χ1v) is 5.38. The van der Waals surface area contributed by atoms with E-state index in [0.717, 1.165) is 26.2 Å². The highest BCUT2D eigenvalue weighted by atomic mass is 16.2. The highest BCUT2D eigenvalue weighted by molar-refractivity contribution is 5.77. The third-order valence-corrected chi connectivity index (χ3v) is 2.49. The summed E-state index contributed by atoms with van der Waals surface area (Å²) in [6.45, 7) is 4.62. The fourth-order valence-electron chi connectivity index (χ4n) is 1.63. The van der Waals surface area contributed by atoms with Crippen LogP contribution in [0.2, 0.25) is 0 Å². The smallest absolute Gasteiger partial charge is 0.234 e. The van der Waals surface area contributed by atoms with Crippen molar-refractivity contribution in [1.82, 2.24) is 30.7 Å². The molecule has 7 nitrogen and oxygen atoms in total. The number of aromatic nitrogens is 3. The van der Waals surface area contributed by atoms with Crippen molar-refractivity contribution in [3.63, 3.8) is 0 Å². The zero-order chi connectivity index (χ0) is 11.2. The second-order valence-electron chi connectivity index (χ2n) is 3.74. The van der Waals surface area contributed by atoms with E-state index in [1.165, 1.54) is 6.33 Å². The quantitative estimate of drug-likeness (QED) is 0.569. The van der Waals surface area contributed by atoms with E-state index >= 15 is 0 Å². The fourth-order valence-corrected chi connectivity index (χ4v) is 1.63. The van der Waals surface area contributed by atoms with E-state index in [2.05, 4.69) is 30.7 Å². The fraction of sp³-hybridized carbons (Fsp3) is 0.667. The summed E-state index contributed by atoms with van der Waals surface area (Å²) in [4.78, 5) is 17.6. The lowest BCUT2D eigenvalue weighted by Crippen LogP contribution is -2.47. The Bertz CT molecular complexity index is 319. The Morgan fingerprint density at radius 2 is 2.31 bits per heavy atom. The first kappa shape index (κ1) is 11.0. The normalized spacial score (nSPS) is 17.2. The second-order valence-corrected chi connectivity index (χ2v) is 3.74. The third kappa shape index (κ3) is 3.28. The van der Waals surface area contributed by atoms with Crippen molar-refractivity contribution in [2.45, 2.75) is 6.54 Å². The molecule has 2 heterocycles. The van der Waals surface area contributed by atoms with Crippen LogP contribution < -0.4 is 10.6 Å². The molecule has 88 valence electrons. The number of hydrogen-bond donors (Lipinski definition) is 3. The van der Waals surface area contributed by atoms with Gasteiger partial charge in [0, 0.05) is 26.2 Å². The van der Waals surface area contributed by atoms with E-state index in [4.69, 9.17) is 0 Å². The maximum absolute atomic E-state index is 11.6. The molecule has 0 aliphatic carbocycles. The van der Waals surface area contributed by atoms with E-state index in [1.54, 1.807) is 0 Å². The van der Waals surface area contributed by atoms with Crippen LogP contribution in [0.3, 0.4) is 0 Å². The Kier molecular flexibility index (Phi) is 3.84. The van der Waals surface area contributed by atoms with E-state index < -0.39 is 0 Å². The zero-order valence-electron chi connectivity index (χ0n) is 9.07. The first-order chi connectivity index (χ1) is 7.84. The highest BCUT2D eigenvalue weighted by Gasteiger charge is 2.13. The van der Waals surface area contributed by atoms with Gasteiger partial charge in [0.1, 0.15) is 12.2 Å². The molecule has 1 amide bonds. The van der Waals surface area contributed by atoms with Gasteiger partial charge in [0.05, 0.1) is 13.1 Å². The van der Waals surface area contributed by atoms with Crippen LogP contribution in [-0.2, 0) is 11.3 Å². The van der Waals surface area contributed by atoms with Crippen molar-refractivity contribution >= 4 is 5.91 Å². The molecule has 0 unspecified atom stereocenters. The Hall–Kier alpha value is -1.47. The topological polar surface area (TPSA) is 85.9 Å². The summed E-state index contributed by atoms with van der Waals surface area (Å²) in [5, 5.41) is 12.4. The number of piperazine rings is 1. The predicted molar refractivity (Wildman–Crippen MR) is 57.5 cm³/mol. The van der Waals surface area contributed by atoms with Gasteiger partial charge in [0.2, 0.25) is 5.91 Å². The van der Waals surface area contributed by atoms with Gasteiger partial charge in [-0.25, -0.2) is 4.98 Å². The molecule has 1 aliphatic heterocycles. The van der Waals surface area contributed by atoms with Gasteiger partial charge in [-0.05, 0) is 0 Å². The van der Waals surface area contributed by atoms with Gasteiger partial charge in [-0.3, -0.25) is 14.8 Å². The molecule has 1 fully saturated rings. The van der Waals surface area contributed by atoms with Crippen molar-refractivity contribution in [2.75, 3.05) is 32.7 Å². The lowest BCUT2D eigenvalue weighted by Gasteiger charge is -2.26. The minimum atomic E-state index is 0.0262. The van der Waals surface area contributed by atoms with Gasteiger partial charge < -0.3 is 10.6 Å². The van der Waals surface area contributed by atoms with Gasteiger partial charge in [-0.2, -0.15) is 5.10 Å². The first-order valence-electron chi connectivity index (χ1n) is 5.38. The van der Waals surface area contributed by atoms with Crippen LogP contribution in [0.5, 0.6) is 0 Å². The average Bonchev–Trinajstić information content (AvgIpc) is 2.81. The molecule has 0 aromatic carbocycles. The molecular weight excluding hydrogens is 208 g/mol. The molecule has 0 saturated carbocycles. The molecule has 7 heteroatoms. The molecule has 1 aromatic heterocycles. The number of nitrogens with zero attached hydrogens (tertiary/aromatic N) is 3. The lowest BCUT2D eigenvalue weighted by atomic mass is 10.3. The number of hydrogen-bond acceptors (Lipinski definition) is 5. The number of H-pyrrole nitrogens is 1. The molecule has 3 N–H and O–H groups in total. The molecule has 0 spiro atoms. The summed E-state index contributed by atoms with van der Waals surface area (Å²) in [5.74, 6) is 0.701. The summed E-state index contributed by atoms with van der Waals surface area (Å²) in [7, 11) is 0.